The van der Waals surface area contributed by atoms with Crippen molar-refractivity contribution in [2.75, 3.05) is 0 Å². The van der Waals surface area contributed by atoms with Gasteiger partial charge in [-0.1, -0.05) is 52.4 Å². The van der Waals surface area contributed by atoms with E-state index in [2.05, 4.69) is 13.8 Å². The molecule has 0 aromatic carbocycles. The molecule has 1 aliphatic carbocycles. The van der Waals surface area contributed by atoms with Gasteiger partial charge in [0, 0.05) is 0 Å². The predicted octanol–water partition coefficient (Wildman–Crippen LogP) is 2.76. The molecule has 0 aliphatic heterocycles. The van der Waals surface area contributed by atoms with Crippen molar-refractivity contribution in [3.8, 4) is 0 Å². The van der Waals surface area contributed by atoms with Gasteiger partial charge in [-0.15, -0.1) is 24.8 Å². The number of rotatable bonds is 0. The SMILES string of the molecule is C1CCCC1.CCC.Cl.Cl.[SiH4]. The first-order valence-corrected chi connectivity index (χ1v) is 3.91. The normalized spacial score (nSPS) is 12.5. The van der Waals surface area contributed by atoms with Gasteiger partial charge in [0.15, 0.2) is 0 Å². The Bertz CT molecular complexity index is 31.5. The summed E-state index contributed by atoms with van der Waals surface area (Å²) < 4.78 is 0. The van der Waals surface area contributed by atoms with E-state index in [1.165, 1.54) is 38.5 Å². The van der Waals surface area contributed by atoms with E-state index in [1.54, 1.807) is 0 Å². The van der Waals surface area contributed by atoms with Crippen LogP contribution in [0.2, 0.25) is 0 Å². The van der Waals surface area contributed by atoms with E-state index in [1.807, 2.05) is 0 Å². The summed E-state index contributed by atoms with van der Waals surface area (Å²) in [6.45, 7) is 4.25. The maximum absolute atomic E-state index is 2.12. The predicted molar refractivity (Wildman–Crippen MR) is 64.9 cm³/mol. The van der Waals surface area contributed by atoms with Gasteiger partial charge in [-0.25, -0.2) is 0 Å². The highest BCUT2D eigenvalue weighted by atomic mass is 35.5. The van der Waals surface area contributed by atoms with Crippen LogP contribution >= 0.6 is 24.8 Å². The molecule has 0 spiro atoms. The number of halogens is 2. The van der Waals surface area contributed by atoms with Crippen molar-refractivity contribution < 1.29 is 0 Å². The standard InChI is InChI=1S/C5H10.C3H8.2ClH.H4Si/c1-2-4-5-3-1;1-3-2;;;/h1-5H2;3H2,1-2H3;2*1H;1H4. The summed E-state index contributed by atoms with van der Waals surface area (Å²) >= 11 is 0. The second-order valence-corrected chi connectivity index (χ2v) is 2.47. The Morgan fingerprint density at radius 3 is 0.909 bits per heavy atom. The molecule has 74 valence electrons. The van der Waals surface area contributed by atoms with Crippen LogP contribution in [0.4, 0.5) is 0 Å². The van der Waals surface area contributed by atoms with Gasteiger partial charge in [0.05, 0.1) is 0 Å². The van der Waals surface area contributed by atoms with Crippen molar-refractivity contribution in [1.82, 2.24) is 0 Å². The average molecular weight is 219 g/mol. The first-order chi connectivity index (χ1) is 3.91. The van der Waals surface area contributed by atoms with Crippen LogP contribution in [0.5, 0.6) is 0 Å². The first-order valence-electron chi connectivity index (χ1n) is 3.91. The van der Waals surface area contributed by atoms with Crippen molar-refractivity contribution in [2.24, 2.45) is 0 Å². The minimum Gasteiger partial charge on any atom is -0.147 e. The van der Waals surface area contributed by atoms with Gasteiger partial charge >= 0.3 is 0 Å². The number of hydrogen-bond acceptors (Lipinski definition) is 0. The van der Waals surface area contributed by atoms with Crippen molar-refractivity contribution in [2.45, 2.75) is 52.4 Å². The highest BCUT2D eigenvalue weighted by molar-refractivity contribution is 5.85. The van der Waals surface area contributed by atoms with Crippen LogP contribution in [0, 0.1) is 0 Å². The van der Waals surface area contributed by atoms with Gasteiger partial charge < -0.3 is 0 Å². The van der Waals surface area contributed by atoms with Crippen LogP contribution < -0.4 is 0 Å². The summed E-state index contributed by atoms with van der Waals surface area (Å²) in [6.07, 6.45) is 8.75. The fourth-order valence-corrected chi connectivity index (χ4v) is 0.884. The molecule has 1 rings (SSSR count). The number of hydrogen-bond donors (Lipinski definition) is 0. The van der Waals surface area contributed by atoms with Crippen molar-refractivity contribution in [3.05, 3.63) is 0 Å². The van der Waals surface area contributed by atoms with E-state index in [0.717, 1.165) is 0 Å². The van der Waals surface area contributed by atoms with Gasteiger partial charge in [0.25, 0.3) is 0 Å². The lowest BCUT2D eigenvalue weighted by atomic mass is 10.4. The van der Waals surface area contributed by atoms with E-state index in [4.69, 9.17) is 0 Å². The Kier molecular flexibility index (Phi) is 46.1. The van der Waals surface area contributed by atoms with Gasteiger partial charge in [-0.05, 0) is 11.0 Å². The van der Waals surface area contributed by atoms with Crippen molar-refractivity contribution in [1.29, 1.82) is 0 Å². The molecule has 0 atom stereocenters. The molecule has 0 radical (unpaired) electrons. The molecule has 11 heavy (non-hydrogen) atoms. The van der Waals surface area contributed by atoms with Gasteiger partial charge in [-0.2, -0.15) is 0 Å². The molecule has 0 saturated heterocycles. The maximum atomic E-state index is 2.12. The molecule has 0 aromatic rings. The van der Waals surface area contributed by atoms with E-state index < -0.39 is 0 Å². The second-order valence-electron chi connectivity index (χ2n) is 2.47. The zero-order valence-corrected chi connectivity index (χ0v) is 8.69. The molecule has 0 bridgehead atoms. The molecular weight excluding hydrogens is 195 g/mol. The van der Waals surface area contributed by atoms with Crippen LogP contribution in [0.1, 0.15) is 52.4 Å². The lowest BCUT2D eigenvalue weighted by Crippen LogP contribution is -1.47. The quantitative estimate of drug-likeness (QED) is 0.549. The van der Waals surface area contributed by atoms with Crippen molar-refractivity contribution in [3.63, 3.8) is 0 Å². The van der Waals surface area contributed by atoms with Crippen LogP contribution in [0.15, 0.2) is 0 Å². The van der Waals surface area contributed by atoms with Gasteiger partial charge in [0.1, 0.15) is 0 Å². The summed E-state index contributed by atoms with van der Waals surface area (Å²) in [4.78, 5) is 0. The summed E-state index contributed by atoms with van der Waals surface area (Å²) in [5, 5.41) is 0. The lowest BCUT2D eigenvalue weighted by molar-refractivity contribution is 0.886. The minimum atomic E-state index is 0. The van der Waals surface area contributed by atoms with Crippen LogP contribution in [0.3, 0.4) is 0 Å². The molecular formula is C8H24Cl2Si. The Labute approximate surface area is 88.4 Å². The highest BCUT2D eigenvalue weighted by Gasteiger charge is 1.95. The Morgan fingerprint density at radius 2 is 0.818 bits per heavy atom. The van der Waals surface area contributed by atoms with E-state index in [-0.39, 0.29) is 35.8 Å². The van der Waals surface area contributed by atoms with Crippen LogP contribution in [-0.4, -0.2) is 11.0 Å². The first kappa shape index (κ1) is 22.6. The average Bonchev–Trinajstić information content (AvgIpc) is 2.17. The van der Waals surface area contributed by atoms with Crippen LogP contribution in [-0.2, 0) is 0 Å². The molecule has 0 aromatic heterocycles. The zero-order valence-electron chi connectivity index (χ0n) is 7.06. The van der Waals surface area contributed by atoms with Crippen molar-refractivity contribution >= 4 is 35.8 Å². The summed E-state index contributed by atoms with van der Waals surface area (Å²) in [7, 11) is 0. The Morgan fingerprint density at radius 1 is 0.727 bits per heavy atom. The summed E-state index contributed by atoms with van der Waals surface area (Å²) in [6, 6.07) is 0. The smallest absolute Gasteiger partial charge is 0.0149 e. The topological polar surface area (TPSA) is 0 Å². The lowest BCUT2D eigenvalue weighted by Gasteiger charge is -1.67. The molecule has 3 heteroatoms. The Hall–Kier alpha value is 0.797. The fraction of sp³-hybridized carbons (Fsp3) is 1.00. The summed E-state index contributed by atoms with van der Waals surface area (Å²) in [5.41, 5.74) is 0. The zero-order chi connectivity index (χ0) is 6.24. The van der Waals surface area contributed by atoms with Gasteiger partial charge in [-0.3, -0.25) is 0 Å². The Balaban J connectivity index is -0.0000000379. The summed E-state index contributed by atoms with van der Waals surface area (Å²) in [5.74, 6) is 0. The third-order valence-corrected chi connectivity index (χ3v) is 1.25. The maximum Gasteiger partial charge on any atom is -0.0149 e. The highest BCUT2D eigenvalue weighted by Crippen LogP contribution is 2.15. The van der Waals surface area contributed by atoms with Crippen LogP contribution in [0.25, 0.3) is 0 Å². The third-order valence-electron chi connectivity index (χ3n) is 1.25. The molecule has 0 N–H and O–H groups in total. The van der Waals surface area contributed by atoms with E-state index in [0.29, 0.717) is 0 Å². The minimum absolute atomic E-state index is 0. The van der Waals surface area contributed by atoms with E-state index >= 15 is 0 Å². The molecule has 1 aliphatic rings. The van der Waals surface area contributed by atoms with E-state index in [9.17, 15) is 0 Å². The third kappa shape index (κ3) is 24.9. The largest absolute Gasteiger partial charge is 0.147 e. The van der Waals surface area contributed by atoms with Gasteiger partial charge in [0.2, 0.25) is 0 Å². The second kappa shape index (κ2) is 22.4. The molecule has 0 amide bonds. The molecule has 1 fully saturated rings. The fourth-order valence-electron chi connectivity index (χ4n) is 0.884. The molecule has 0 unspecified atom stereocenters. The molecule has 0 heterocycles. The monoisotopic (exact) mass is 218 g/mol. The molecule has 1 saturated carbocycles. The molecule has 0 nitrogen and oxygen atoms in total.